The van der Waals surface area contributed by atoms with E-state index in [4.69, 9.17) is 14.7 Å². The number of hydrogen-bond donors (Lipinski definition) is 3. The van der Waals surface area contributed by atoms with Crippen LogP contribution in [0.25, 0.3) is 22.8 Å². The summed E-state index contributed by atoms with van der Waals surface area (Å²) in [5.74, 6) is 0.0397. The first-order chi connectivity index (χ1) is 16.4. The Morgan fingerprint density at radius 1 is 1.12 bits per heavy atom. The molecule has 1 aliphatic rings. The SMILES string of the molecule is Cc1ccc(-c2noc([C@H]3C[C@@H]3F)n2)cc1NC(=O)c1cnc(-c2ccc(NC(N)=O)cc2)o1. The number of benzene rings is 2. The number of nitrogens with one attached hydrogen (secondary N) is 2. The molecule has 0 saturated heterocycles. The summed E-state index contributed by atoms with van der Waals surface area (Å²) in [4.78, 5) is 32.1. The van der Waals surface area contributed by atoms with Crippen LogP contribution < -0.4 is 16.4 Å². The average Bonchev–Trinajstić information content (AvgIpc) is 3.21. The van der Waals surface area contributed by atoms with Crippen LogP contribution >= 0.6 is 0 Å². The first kappa shape index (κ1) is 21.3. The highest BCUT2D eigenvalue weighted by Gasteiger charge is 2.43. The lowest BCUT2D eigenvalue weighted by Gasteiger charge is -2.08. The number of oxazole rings is 1. The van der Waals surface area contributed by atoms with Crippen LogP contribution in [0.4, 0.5) is 20.6 Å². The minimum atomic E-state index is -0.933. The van der Waals surface area contributed by atoms with Crippen LogP contribution in [0.1, 0.15) is 34.3 Å². The van der Waals surface area contributed by atoms with Crippen molar-refractivity contribution in [2.24, 2.45) is 5.73 Å². The fourth-order valence-corrected chi connectivity index (χ4v) is 3.35. The van der Waals surface area contributed by atoms with Gasteiger partial charge in [-0.3, -0.25) is 4.79 Å². The molecule has 2 heterocycles. The Bertz CT molecular complexity index is 1380. The number of amides is 3. The minimum absolute atomic E-state index is 0.0173. The lowest BCUT2D eigenvalue weighted by molar-refractivity contribution is 0.0997. The second kappa shape index (κ2) is 8.43. The van der Waals surface area contributed by atoms with Crippen molar-refractivity contribution >= 4 is 23.3 Å². The number of nitrogens with zero attached hydrogens (tertiary/aromatic N) is 3. The van der Waals surface area contributed by atoms with Crippen molar-refractivity contribution in [1.82, 2.24) is 15.1 Å². The van der Waals surface area contributed by atoms with Gasteiger partial charge in [0, 0.05) is 22.5 Å². The zero-order chi connectivity index (χ0) is 23.8. The van der Waals surface area contributed by atoms with Gasteiger partial charge in [0.15, 0.2) is 0 Å². The number of aromatic nitrogens is 3. The monoisotopic (exact) mass is 462 g/mol. The first-order valence-corrected chi connectivity index (χ1v) is 10.4. The molecule has 0 radical (unpaired) electrons. The highest BCUT2D eigenvalue weighted by atomic mass is 19.1. The molecule has 0 aliphatic heterocycles. The second-order valence-electron chi connectivity index (χ2n) is 7.89. The van der Waals surface area contributed by atoms with Gasteiger partial charge in [0.05, 0.1) is 12.1 Å². The van der Waals surface area contributed by atoms with E-state index in [1.54, 1.807) is 36.4 Å². The molecule has 1 saturated carbocycles. The third-order valence-corrected chi connectivity index (χ3v) is 5.34. The number of hydrogen-bond acceptors (Lipinski definition) is 7. The van der Waals surface area contributed by atoms with Gasteiger partial charge in [-0.2, -0.15) is 4.98 Å². The van der Waals surface area contributed by atoms with E-state index in [0.29, 0.717) is 34.7 Å². The predicted octanol–water partition coefficient (Wildman–Crippen LogP) is 4.27. The van der Waals surface area contributed by atoms with Gasteiger partial charge in [0.2, 0.25) is 23.4 Å². The predicted molar refractivity (Wildman–Crippen MR) is 120 cm³/mol. The zero-order valence-electron chi connectivity index (χ0n) is 17.9. The van der Waals surface area contributed by atoms with E-state index in [1.165, 1.54) is 6.20 Å². The number of aryl methyl sites for hydroxylation is 1. The molecule has 0 unspecified atom stereocenters. The fourth-order valence-electron chi connectivity index (χ4n) is 3.35. The third kappa shape index (κ3) is 4.35. The van der Waals surface area contributed by atoms with E-state index >= 15 is 0 Å². The maximum absolute atomic E-state index is 13.3. The molecular formula is C23H19FN6O4. The molecule has 0 bridgehead atoms. The van der Waals surface area contributed by atoms with Gasteiger partial charge >= 0.3 is 6.03 Å². The number of nitrogens with two attached hydrogens (primary N) is 1. The Morgan fingerprint density at radius 3 is 2.56 bits per heavy atom. The van der Waals surface area contributed by atoms with Crippen LogP contribution in [0.5, 0.6) is 0 Å². The molecule has 2 aromatic carbocycles. The van der Waals surface area contributed by atoms with Gasteiger partial charge in [-0.05, 0) is 49.2 Å². The van der Waals surface area contributed by atoms with Crippen molar-refractivity contribution in [3.63, 3.8) is 0 Å². The van der Waals surface area contributed by atoms with E-state index in [0.717, 1.165) is 5.56 Å². The second-order valence-corrected chi connectivity index (χ2v) is 7.89. The molecule has 34 heavy (non-hydrogen) atoms. The Hall–Kier alpha value is -4.54. The van der Waals surface area contributed by atoms with E-state index in [9.17, 15) is 14.0 Å². The van der Waals surface area contributed by atoms with E-state index < -0.39 is 18.1 Å². The van der Waals surface area contributed by atoms with Gasteiger partial charge < -0.3 is 25.3 Å². The Morgan fingerprint density at radius 2 is 1.85 bits per heavy atom. The summed E-state index contributed by atoms with van der Waals surface area (Å²) >= 11 is 0. The molecule has 2 atom stereocenters. The quantitative estimate of drug-likeness (QED) is 0.387. The summed E-state index contributed by atoms with van der Waals surface area (Å²) in [6.07, 6.45) is 0.788. The maximum Gasteiger partial charge on any atom is 0.316 e. The normalized spacial score (nSPS) is 16.8. The fraction of sp³-hybridized carbons (Fsp3) is 0.174. The molecule has 4 N–H and O–H groups in total. The zero-order valence-corrected chi connectivity index (χ0v) is 17.9. The van der Waals surface area contributed by atoms with Crippen LogP contribution in [-0.2, 0) is 0 Å². The lowest BCUT2D eigenvalue weighted by Crippen LogP contribution is -2.19. The number of rotatable bonds is 6. The summed E-state index contributed by atoms with van der Waals surface area (Å²) < 4.78 is 24.0. The highest BCUT2D eigenvalue weighted by molar-refractivity contribution is 6.03. The summed E-state index contributed by atoms with van der Waals surface area (Å²) in [7, 11) is 0. The van der Waals surface area contributed by atoms with Crippen molar-refractivity contribution in [3.8, 4) is 22.8 Å². The largest absolute Gasteiger partial charge is 0.431 e. The standard InChI is InChI=1S/C23H19FN6O4/c1-11-2-3-13(19-29-22(34-30-19)15-9-16(15)24)8-17(11)28-20(31)18-10-26-21(33-18)12-4-6-14(7-5-12)27-23(25)32/h2-8,10,15-16H,9H2,1H3,(H,28,31)(H3,25,27,32)/t15-,16-/m0/s1. The summed E-state index contributed by atoms with van der Waals surface area (Å²) in [5, 5.41) is 9.19. The number of primary amides is 1. The number of carbonyl (C=O) groups is 2. The molecule has 11 heteroatoms. The molecule has 5 rings (SSSR count). The topological polar surface area (TPSA) is 149 Å². The van der Waals surface area contributed by atoms with E-state index in [1.807, 2.05) is 13.0 Å². The van der Waals surface area contributed by atoms with Crippen LogP contribution in [0.3, 0.4) is 0 Å². The van der Waals surface area contributed by atoms with Gasteiger partial charge in [0.1, 0.15) is 6.17 Å². The van der Waals surface area contributed by atoms with Crippen molar-refractivity contribution in [1.29, 1.82) is 0 Å². The first-order valence-electron chi connectivity index (χ1n) is 10.4. The molecule has 2 aromatic heterocycles. The van der Waals surface area contributed by atoms with Gasteiger partial charge in [-0.25, -0.2) is 14.2 Å². The Balaban J connectivity index is 1.31. The van der Waals surface area contributed by atoms with Gasteiger partial charge in [-0.15, -0.1) is 0 Å². The molecule has 10 nitrogen and oxygen atoms in total. The Kier molecular flexibility index (Phi) is 5.28. The van der Waals surface area contributed by atoms with E-state index in [2.05, 4.69) is 25.8 Å². The minimum Gasteiger partial charge on any atom is -0.431 e. The van der Waals surface area contributed by atoms with Crippen molar-refractivity contribution in [2.45, 2.75) is 25.4 Å². The summed E-state index contributed by atoms with van der Waals surface area (Å²) in [5.41, 5.74) is 8.19. The van der Waals surface area contributed by atoms with Crippen molar-refractivity contribution in [3.05, 3.63) is 65.9 Å². The molecular weight excluding hydrogens is 443 g/mol. The number of carbonyl (C=O) groups excluding carboxylic acids is 2. The van der Waals surface area contributed by atoms with Crippen LogP contribution in [0.2, 0.25) is 0 Å². The van der Waals surface area contributed by atoms with Gasteiger partial charge in [-0.1, -0.05) is 17.3 Å². The maximum atomic E-state index is 13.3. The number of anilines is 2. The molecule has 1 fully saturated rings. The van der Waals surface area contributed by atoms with Crippen LogP contribution in [0.15, 0.2) is 57.6 Å². The lowest BCUT2D eigenvalue weighted by atomic mass is 10.1. The van der Waals surface area contributed by atoms with E-state index in [-0.39, 0.29) is 23.5 Å². The third-order valence-electron chi connectivity index (χ3n) is 5.34. The smallest absolute Gasteiger partial charge is 0.316 e. The highest BCUT2D eigenvalue weighted by Crippen LogP contribution is 2.43. The Labute approximate surface area is 192 Å². The molecule has 1 aliphatic carbocycles. The van der Waals surface area contributed by atoms with Crippen LogP contribution in [0, 0.1) is 6.92 Å². The molecule has 3 amide bonds. The summed E-state index contributed by atoms with van der Waals surface area (Å²) in [6.45, 7) is 1.84. The van der Waals surface area contributed by atoms with Crippen molar-refractivity contribution in [2.75, 3.05) is 10.6 Å². The van der Waals surface area contributed by atoms with Gasteiger partial charge in [0.25, 0.3) is 5.91 Å². The molecule has 172 valence electrons. The molecule has 0 spiro atoms. The van der Waals surface area contributed by atoms with Crippen molar-refractivity contribution < 1.29 is 22.9 Å². The number of urea groups is 1. The number of halogens is 1. The molecule has 4 aromatic rings. The average molecular weight is 462 g/mol. The summed E-state index contributed by atoms with van der Waals surface area (Å²) in [6, 6.07) is 11.3. The number of alkyl halides is 1. The van der Waals surface area contributed by atoms with Crippen LogP contribution in [-0.4, -0.2) is 33.2 Å².